The highest BCUT2D eigenvalue weighted by Crippen LogP contribution is 2.52. The first-order valence-electron chi connectivity index (χ1n) is 13.3. The van der Waals surface area contributed by atoms with Crippen LogP contribution in [0.5, 0.6) is 0 Å². The smallest absolute Gasteiger partial charge is 0.247 e. The third-order valence-corrected chi connectivity index (χ3v) is 9.35. The molecule has 1 unspecified atom stereocenters. The SMILES string of the molecule is CN(C1CC2(CCN(C(=O)[C@@H](COCc3ccccc3)NC(=O)C(C)(C)N)CC2)c2ccccc21)S(C)(=O)=O.Cl. The fourth-order valence-corrected chi connectivity index (χ4v) is 6.30. The van der Waals surface area contributed by atoms with Crippen LogP contribution in [0.3, 0.4) is 0 Å². The monoisotopic (exact) mass is 592 g/mol. The number of hydrogen-bond acceptors (Lipinski definition) is 6. The van der Waals surface area contributed by atoms with E-state index in [9.17, 15) is 18.0 Å². The number of halogens is 1. The molecule has 2 atom stereocenters. The molecule has 1 aliphatic heterocycles. The van der Waals surface area contributed by atoms with Crippen LogP contribution in [0, 0.1) is 0 Å². The lowest BCUT2D eigenvalue weighted by atomic mass is 9.73. The van der Waals surface area contributed by atoms with Crippen LogP contribution in [-0.2, 0) is 36.4 Å². The van der Waals surface area contributed by atoms with Gasteiger partial charge in [-0.15, -0.1) is 12.4 Å². The van der Waals surface area contributed by atoms with Gasteiger partial charge < -0.3 is 20.7 Å². The molecular weight excluding hydrogens is 552 g/mol. The Balaban J connectivity index is 0.00000441. The number of piperidine rings is 1. The fourth-order valence-electron chi connectivity index (χ4n) is 5.65. The maximum Gasteiger partial charge on any atom is 0.247 e. The van der Waals surface area contributed by atoms with E-state index in [1.807, 2.05) is 48.5 Å². The van der Waals surface area contributed by atoms with E-state index in [-0.39, 0.29) is 36.4 Å². The molecule has 4 rings (SSSR count). The van der Waals surface area contributed by atoms with Gasteiger partial charge in [-0.2, -0.15) is 4.31 Å². The molecule has 1 aliphatic carbocycles. The predicted octanol–water partition coefficient (Wildman–Crippen LogP) is 2.74. The van der Waals surface area contributed by atoms with Gasteiger partial charge in [-0.1, -0.05) is 54.6 Å². The molecule has 3 N–H and O–H groups in total. The summed E-state index contributed by atoms with van der Waals surface area (Å²) in [5.41, 5.74) is 7.82. The number of hydrogen-bond donors (Lipinski definition) is 2. The molecule has 9 nitrogen and oxygen atoms in total. The summed E-state index contributed by atoms with van der Waals surface area (Å²) >= 11 is 0. The first-order chi connectivity index (χ1) is 18.3. The maximum absolute atomic E-state index is 13.7. The molecule has 1 saturated heterocycles. The van der Waals surface area contributed by atoms with Crippen molar-refractivity contribution in [3.05, 3.63) is 71.3 Å². The summed E-state index contributed by atoms with van der Waals surface area (Å²) in [5.74, 6) is -0.624. The number of sulfonamides is 1. The van der Waals surface area contributed by atoms with Crippen molar-refractivity contribution in [2.24, 2.45) is 5.73 Å². The maximum atomic E-state index is 13.7. The van der Waals surface area contributed by atoms with E-state index >= 15 is 0 Å². The van der Waals surface area contributed by atoms with Gasteiger partial charge in [0.1, 0.15) is 6.04 Å². The van der Waals surface area contributed by atoms with Gasteiger partial charge in [0.05, 0.1) is 31.1 Å². The zero-order valence-electron chi connectivity index (χ0n) is 23.6. The number of carbonyl (C=O) groups is 2. The minimum absolute atomic E-state index is 0. The molecule has 2 aromatic carbocycles. The molecule has 1 heterocycles. The number of rotatable bonds is 9. The summed E-state index contributed by atoms with van der Waals surface area (Å²) in [6, 6.07) is 16.6. The first kappa shape index (κ1) is 32.0. The molecule has 40 heavy (non-hydrogen) atoms. The number of fused-ring (bicyclic) bond motifs is 2. The lowest BCUT2D eigenvalue weighted by molar-refractivity contribution is -0.140. The van der Waals surface area contributed by atoms with Gasteiger partial charge in [0, 0.05) is 25.6 Å². The van der Waals surface area contributed by atoms with Crippen molar-refractivity contribution < 1.29 is 22.7 Å². The Hall–Kier alpha value is -2.50. The van der Waals surface area contributed by atoms with Crippen molar-refractivity contribution >= 4 is 34.2 Å². The van der Waals surface area contributed by atoms with Gasteiger partial charge in [-0.05, 0) is 49.8 Å². The Morgan fingerprint density at radius 2 is 1.73 bits per heavy atom. The van der Waals surface area contributed by atoms with Gasteiger partial charge in [0.25, 0.3) is 0 Å². The summed E-state index contributed by atoms with van der Waals surface area (Å²) < 4.78 is 32.1. The molecule has 1 spiro atoms. The van der Waals surface area contributed by atoms with Crippen molar-refractivity contribution in [2.45, 2.75) is 62.8 Å². The average molecular weight is 593 g/mol. The first-order valence-corrected chi connectivity index (χ1v) is 15.2. The van der Waals surface area contributed by atoms with E-state index in [2.05, 4.69) is 11.4 Å². The number of amides is 2. The summed E-state index contributed by atoms with van der Waals surface area (Å²) in [5, 5.41) is 2.80. The van der Waals surface area contributed by atoms with Crippen LogP contribution in [0.2, 0.25) is 0 Å². The molecule has 2 aromatic rings. The van der Waals surface area contributed by atoms with E-state index < -0.39 is 27.5 Å². The number of benzene rings is 2. The highest BCUT2D eigenvalue weighted by atomic mass is 35.5. The van der Waals surface area contributed by atoms with E-state index in [1.54, 1.807) is 25.8 Å². The Bertz CT molecular complexity index is 1290. The molecule has 0 saturated carbocycles. The van der Waals surface area contributed by atoms with Gasteiger partial charge in [-0.3, -0.25) is 9.59 Å². The number of nitrogens with zero attached hydrogens (tertiary/aromatic N) is 2. The second-order valence-corrected chi connectivity index (χ2v) is 13.5. The second-order valence-electron chi connectivity index (χ2n) is 11.4. The predicted molar refractivity (Wildman–Crippen MR) is 157 cm³/mol. The molecule has 0 bridgehead atoms. The minimum atomic E-state index is -3.37. The third-order valence-electron chi connectivity index (χ3n) is 8.05. The van der Waals surface area contributed by atoms with E-state index in [0.29, 0.717) is 39.0 Å². The Morgan fingerprint density at radius 1 is 1.12 bits per heavy atom. The highest BCUT2D eigenvalue weighted by Gasteiger charge is 2.48. The van der Waals surface area contributed by atoms with Crippen LogP contribution in [0.4, 0.5) is 0 Å². The number of carbonyl (C=O) groups excluding carboxylic acids is 2. The normalized spacial score (nSPS) is 19.1. The molecule has 0 radical (unpaired) electrons. The second kappa shape index (κ2) is 12.6. The number of nitrogens with one attached hydrogen (secondary N) is 1. The van der Waals surface area contributed by atoms with E-state index in [0.717, 1.165) is 11.1 Å². The van der Waals surface area contributed by atoms with Crippen LogP contribution < -0.4 is 11.1 Å². The fraction of sp³-hybridized carbons (Fsp3) is 0.517. The molecule has 11 heteroatoms. The number of likely N-dealkylation sites (tertiary alicyclic amines) is 1. The molecule has 1 fully saturated rings. The summed E-state index contributed by atoms with van der Waals surface area (Å²) in [6.07, 6.45) is 3.33. The molecule has 0 aromatic heterocycles. The van der Waals surface area contributed by atoms with Gasteiger partial charge in [0.15, 0.2) is 0 Å². The Morgan fingerprint density at radius 3 is 2.33 bits per heavy atom. The van der Waals surface area contributed by atoms with E-state index in [4.69, 9.17) is 10.5 Å². The minimum Gasteiger partial charge on any atom is -0.374 e. The lowest BCUT2D eigenvalue weighted by Gasteiger charge is -2.41. The molecule has 220 valence electrons. The average Bonchev–Trinajstić information content (AvgIpc) is 3.21. The number of nitrogens with two attached hydrogens (primary N) is 1. The van der Waals surface area contributed by atoms with Crippen LogP contribution in [0.25, 0.3) is 0 Å². The molecule has 2 aliphatic rings. The molecular formula is C29H41ClN4O5S. The van der Waals surface area contributed by atoms with Crippen molar-refractivity contribution in [1.82, 2.24) is 14.5 Å². The van der Waals surface area contributed by atoms with E-state index in [1.165, 1.54) is 16.1 Å². The van der Waals surface area contributed by atoms with Crippen molar-refractivity contribution in [1.29, 1.82) is 0 Å². The van der Waals surface area contributed by atoms with Crippen LogP contribution in [0.1, 0.15) is 55.8 Å². The third kappa shape index (κ3) is 7.03. The highest BCUT2D eigenvalue weighted by molar-refractivity contribution is 7.88. The van der Waals surface area contributed by atoms with Crippen LogP contribution in [-0.4, -0.2) is 74.0 Å². The Kier molecular flexibility index (Phi) is 10.1. The summed E-state index contributed by atoms with van der Waals surface area (Å²) in [7, 11) is -1.73. The van der Waals surface area contributed by atoms with Crippen molar-refractivity contribution in [3.63, 3.8) is 0 Å². The van der Waals surface area contributed by atoms with Crippen LogP contribution >= 0.6 is 12.4 Å². The largest absolute Gasteiger partial charge is 0.374 e. The Labute approximate surface area is 243 Å². The zero-order valence-corrected chi connectivity index (χ0v) is 25.3. The summed E-state index contributed by atoms with van der Waals surface area (Å²) in [6.45, 7) is 4.55. The van der Waals surface area contributed by atoms with Crippen LogP contribution in [0.15, 0.2) is 54.6 Å². The molecule has 2 amide bonds. The zero-order chi connectivity index (χ0) is 28.4. The van der Waals surface area contributed by atoms with Gasteiger partial charge >= 0.3 is 0 Å². The summed E-state index contributed by atoms with van der Waals surface area (Å²) in [4.78, 5) is 28.1. The van der Waals surface area contributed by atoms with Crippen molar-refractivity contribution in [2.75, 3.05) is 33.0 Å². The van der Waals surface area contributed by atoms with Crippen molar-refractivity contribution in [3.8, 4) is 0 Å². The van der Waals surface area contributed by atoms with Gasteiger partial charge in [-0.25, -0.2) is 8.42 Å². The van der Waals surface area contributed by atoms with Gasteiger partial charge in [0.2, 0.25) is 21.8 Å². The quantitative estimate of drug-likeness (QED) is 0.462. The topological polar surface area (TPSA) is 122 Å². The lowest BCUT2D eigenvalue weighted by Crippen LogP contribution is -2.59. The number of ether oxygens (including phenoxy) is 1. The standard InChI is InChI=1S/C29H40N4O5S.ClH/c1-28(2,30)27(35)31-24(20-38-19-21-10-6-5-7-11-21)26(34)33-16-14-29(15-17-33)18-25(32(3)39(4,36)37)22-12-8-9-13-23(22)29;/h5-13,24-25H,14-20,30H2,1-4H3,(H,31,35);1H/t24-,25?;/m1./s1.